The van der Waals surface area contributed by atoms with Crippen LogP contribution in [-0.4, -0.2) is 22.5 Å². The Morgan fingerprint density at radius 1 is 1.46 bits per heavy atom. The molecule has 4 nitrogen and oxygen atoms in total. The molecule has 0 heterocycles. The van der Waals surface area contributed by atoms with E-state index in [1.165, 1.54) is 6.07 Å². The predicted octanol–water partition coefficient (Wildman–Crippen LogP) is 1.67. The molecule has 0 spiro atoms. The number of benzene rings is 1. The molecule has 0 saturated carbocycles. The molecule has 2 N–H and O–H groups in total. The summed E-state index contributed by atoms with van der Waals surface area (Å²) in [4.78, 5) is 20.9. The smallest absolute Gasteiger partial charge is 0.339 e. The molecular weight excluding hydrogens is 240 g/mol. The number of carboxylic acid groups (broad SMARTS) is 1. The fraction of sp³-hybridized carbons (Fsp3) is 0. The molecule has 1 rings (SSSR count). The van der Waals surface area contributed by atoms with E-state index < -0.39 is 5.97 Å². The molecule has 0 radical (unpaired) electrons. The molecule has 1 aromatic rings. The molecule has 0 saturated heterocycles. The highest BCUT2D eigenvalue weighted by molar-refractivity contribution is 9.10. The van der Waals surface area contributed by atoms with Gasteiger partial charge in [-0.15, -0.1) is 0 Å². The molecule has 68 valence electrons. The third kappa shape index (κ3) is 1.86. The van der Waals surface area contributed by atoms with Crippen LogP contribution in [0.5, 0.6) is 5.75 Å². The van der Waals surface area contributed by atoms with Crippen LogP contribution in [0.25, 0.3) is 0 Å². The molecule has 0 bridgehead atoms. The minimum Gasteiger partial charge on any atom is -0.506 e. The van der Waals surface area contributed by atoms with E-state index >= 15 is 0 Å². The van der Waals surface area contributed by atoms with Crippen molar-refractivity contribution in [1.29, 1.82) is 0 Å². The van der Waals surface area contributed by atoms with Gasteiger partial charge >= 0.3 is 5.97 Å². The maximum absolute atomic E-state index is 10.5. The van der Waals surface area contributed by atoms with Gasteiger partial charge in [-0.2, -0.15) is 0 Å². The van der Waals surface area contributed by atoms with Crippen LogP contribution >= 0.6 is 15.9 Å². The van der Waals surface area contributed by atoms with E-state index in [2.05, 4.69) is 15.9 Å². The molecule has 0 aliphatic carbocycles. The molecule has 0 aliphatic rings. The van der Waals surface area contributed by atoms with Gasteiger partial charge in [-0.25, -0.2) is 4.79 Å². The summed E-state index contributed by atoms with van der Waals surface area (Å²) in [6.45, 7) is 0. The summed E-state index contributed by atoms with van der Waals surface area (Å²) in [5.74, 6) is -1.65. The van der Waals surface area contributed by atoms with Crippen molar-refractivity contribution < 1.29 is 19.8 Å². The Bertz CT molecular complexity index is 373. The van der Waals surface area contributed by atoms with E-state index in [-0.39, 0.29) is 21.3 Å². The number of aromatic hydroxyl groups is 1. The van der Waals surface area contributed by atoms with E-state index in [1.54, 1.807) is 0 Å². The van der Waals surface area contributed by atoms with Crippen LogP contribution in [0, 0.1) is 0 Å². The SMILES string of the molecule is O=Cc1cc(Br)c(O)c(C(=O)O)c1. The van der Waals surface area contributed by atoms with Crippen molar-refractivity contribution in [2.24, 2.45) is 0 Å². The maximum Gasteiger partial charge on any atom is 0.339 e. The summed E-state index contributed by atoms with van der Waals surface area (Å²) < 4.78 is 0.189. The van der Waals surface area contributed by atoms with Crippen LogP contribution in [-0.2, 0) is 0 Å². The number of rotatable bonds is 2. The second kappa shape index (κ2) is 3.57. The van der Waals surface area contributed by atoms with E-state index in [1.807, 2.05) is 0 Å². The van der Waals surface area contributed by atoms with E-state index in [9.17, 15) is 14.7 Å². The first kappa shape index (κ1) is 9.73. The molecule has 0 aromatic heterocycles. The first-order chi connectivity index (χ1) is 6.06. The Hall–Kier alpha value is -1.36. The van der Waals surface area contributed by atoms with Crippen LogP contribution in [0.1, 0.15) is 20.7 Å². The number of aromatic carboxylic acids is 1. The van der Waals surface area contributed by atoms with Gasteiger partial charge in [0.15, 0.2) is 0 Å². The molecule has 5 heteroatoms. The number of halogens is 1. The van der Waals surface area contributed by atoms with Gasteiger partial charge in [0.05, 0.1) is 4.47 Å². The average Bonchev–Trinajstić information content (AvgIpc) is 2.09. The fourth-order valence-corrected chi connectivity index (χ4v) is 1.33. The van der Waals surface area contributed by atoms with Gasteiger partial charge in [-0.05, 0) is 28.1 Å². The number of hydrogen-bond acceptors (Lipinski definition) is 3. The van der Waals surface area contributed by atoms with E-state index in [4.69, 9.17) is 5.11 Å². The number of carbonyl (C=O) groups excluding carboxylic acids is 1. The highest BCUT2D eigenvalue weighted by Gasteiger charge is 2.13. The zero-order valence-electron chi connectivity index (χ0n) is 6.32. The van der Waals surface area contributed by atoms with Crippen LogP contribution in [0.2, 0.25) is 0 Å². The molecule has 0 amide bonds. The Morgan fingerprint density at radius 3 is 2.54 bits per heavy atom. The monoisotopic (exact) mass is 244 g/mol. The minimum atomic E-state index is -1.28. The minimum absolute atomic E-state index is 0.189. The van der Waals surface area contributed by atoms with Crippen molar-refractivity contribution in [3.05, 3.63) is 27.7 Å². The fourth-order valence-electron chi connectivity index (χ4n) is 0.851. The summed E-state index contributed by atoms with van der Waals surface area (Å²) in [6, 6.07) is 2.45. The molecular formula is C8H5BrO4. The van der Waals surface area contributed by atoms with Crippen LogP contribution in [0.4, 0.5) is 0 Å². The number of phenols is 1. The first-order valence-electron chi connectivity index (χ1n) is 3.27. The van der Waals surface area contributed by atoms with Crippen molar-refractivity contribution >= 4 is 28.2 Å². The number of aldehydes is 1. The van der Waals surface area contributed by atoms with Gasteiger partial charge in [0.2, 0.25) is 0 Å². The highest BCUT2D eigenvalue weighted by atomic mass is 79.9. The summed E-state index contributed by atoms with van der Waals surface area (Å²) in [5, 5.41) is 17.9. The highest BCUT2D eigenvalue weighted by Crippen LogP contribution is 2.28. The average molecular weight is 245 g/mol. The molecule has 0 unspecified atom stereocenters. The van der Waals surface area contributed by atoms with Crippen molar-refractivity contribution in [2.75, 3.05) is 0 Å². The standard InChI is InChI=1S/C8H5BrO4/c9-6-2-4(3-10)1-5(7(6)11)8(12)13/h1-3,11H,(H,12,13). The number of hydrogen-bond donors (Lipinski definition) is 2. The van der Waals surface area contributed by atoms with Crippen molar-refractivity contribution in [3.63, 3.8) is 0 Å². The van der Waals surface area contributed by atoms with Gasteiger partial charge in [0, 0.05) is 5.56 Å². The summed E-state index contributed by atoms with van der Waals surface area (Å²) in [7, 11) is 0. The number of carbonyl (C=O) groups is 2. The van der Waals surface area contributed by atoms with Gasteiger partial charge in [0.1, 0.15) is 17.6 Å². The maximum atomic E-state index is 10.5. The zero-order chi connectivity index (χ0) is 10.0. The van der Waals surface area contributed by atoms with E-state index in [0.29, 0.717) is 6.29 Å². The quantitative estimate of drug-likeness (QED) is 0.777. The lowest BCUT2D eigenvalue weighted by molar-refractivity contribution is 0.0693. The molecule has 1 aromatic carbocycles. The zero-order valence-corrected chi connectivity index (χ0v) is 7.91. The van der Waals surface area contributed by atoms with Crippen LogP contribution in [0.3, 0.4) is 0 Å². The van der Waals surface area contributed by atoms with Gasteiger partial charge < -0.3 is 10.2 Å². The Morgan fingerprint density at radius 2 is 2.08 bits per heavy atom. The van der Waals surface area contributed by atoms with Crippen LogP contribution in [0.15, 0.2) is 16.6 Å². The second-order valence-corrected chi connectivity index (χ2v) is 3.18. The van der Waals surface area contributed by atoms with Gasteiger partial charge in [0.25, 0.3) is 0 Å². The van der Waals surface area contributed by atoms with Gasteiger partial charge in [-0.3, -0.25) is 4.79 Å². The Balaban J connectivity index is 3.41. The predicted molar refractivity (Wildman–Crippen MR) is 48.2 cm³/mol. The summed E-state index contributed by atoms with van der Waals surface area (Å²) in [5.41, 5.74) is -0.0986. The van der Waals surface area contributed by atoms with Crippen molar-refractivity contribution in [1.82, 2.24) is 0 Å². The summed E-state index contributed by atoms with van der Waals surface area (Å²) >= 11 is 2.93. The van der Waals surface area contributed by atoms with Gasteiger partial charge in [-0.1, -0.05) is 0 Å². The topological polar surface area (TPSA) is 74.6 Å². The summed E-state index contributed by atoms with van der Waals surface area (Å²) in [6.07, 6.45) is 0.511. The lowest BCUT2D eigenvalue weighted by Gasteiger charge is -2.02. The molecule has 13 heavy (non-hydrogen) atoms. The molecule has 0 aliphatic heterocycles. The lowest BCUT2D eigenvalue weighted by atomic mass is 10.1. The lowest BCUT2D eigenvalue weighted by Crippen LogP contribution is -1.98. The Labute approximate surface area is 81.9 Å². The Kier molecular flexibility index (Phi) is 2.67. The normalized spacial score (nSPS) is 9.62. The van der Waals surface area contributed by atoms with Crippen LogP contribution < -0.4 is 0 Å². The molecule has 0 fully saturated rings. The van der Waals surface area contributed by atoms with Crippen molar-refractivity contribution in [3.8, 4) is 5.75 Å². The molecule has 0 atom stereocenters. The largest absolute Gasteiger partial charge is 0.506 e. The third-order valence-electron chi connectivity index (χ3n) is 1.45. The van der Waals surface area contributed by atoms with Crippen molar-refractivity contribution in [2.45, 2.75) is 0 Å². The first-order valence-corrected chi connectivity index (χ1v) is 4.06. The second-order valence-electron chi connectivity index (χ2n) is 2.32. The number of carboxylic acids is 1. The van der Waals surface area contributed by atoms with E-state index in [0.717, 1.165) is 6.07 Å². The third-order valence-corrected chi connectivity index (χ3v) is 2.06.